The number of rotatable bonds is 4. The van der Waals surface area contributed by atoms with Crippen LogP contribution >= 0.6 is 0 Å². The molecule has 0 radical (unpaired) electrons. The third-order valence-corrected chi connectivity index (χ3v) is 4.43. The van der Waals surface area contributed by atoms with Crippen LogP contribution in [0.15, 0.2) is 42.5 Å². The Morgan fingerprint density at radius 1 is 1.10 bits per heavy atom. The summed E-state index contributed by atoms with van der Waals surface area (Å²) < 4.78 is 0. The molecule has 108 valence electrons. The Hall–Kier alpha value is -2.09. The van der Waals surface area contributed by atoms with Crippen molar-refractivity contribution < 1.29 is 4.79 Å². The molecule has 2 nitrogen and oxygen atoms in total. The van der Waals surface area contributed by atoms with Crippen LogP contribution in [0.1, 0.15) is 34.6 Å². The van der Waals surface area contributed by atoms with E-state index in [1.807, 2.05) is 6.07 Å². The molecule has 1 heterocycles. The molecule has 1 aliphatic rings. The molecule has 1 atom stereocenters. The second kappa shape index (κ2) is 5.72. The first-order chi connectivity index (χ1) is 10.1. The highest BCUT2D eigenvalue weighted by Gasteiger charge is 2.24. The summed E-state index contributed by atoms with van der Waals surface area (Å²) in [5, 5.41) is 3.39. The number of para-hydroxylation sites is 1. The third-order valence-electron chi connectivity index (χ3n) is 4.43. The number of Topliss-reactive ketones (excluding diaryl/α,β-unsaturated/α-hetero) is 1. The normalized spacial score (nSPS) is 16.4. The minimum Gasteiger partial charge on any atom is -0.384 e. The SMILES string of the molecule is Cc1cccc(C)c1CC(=O)CC1CNc2ccccc21. The van der Waals surface area contributed by atoms with Crippen molar-refractivity contribution in [1.29, 1.82) is 0 Å². The maximum Gasteiger partial charge on any atom is 0.137 e. The van der Waals surface area contributed by atoms with E-state index in [0.29, 0.717) is 24.5 Å². The maximum absolute atomic E-state index is 12.5. The zero-order valence-corrected chi connectivity index (χ0v) is 12.6. The van der Waals surface area contributed by atoms with Crippen LogP contribution in [-0.2, 0) is 11.2 Å². The monoisotopic (exact) mass is 279 g/mol. The molecule has 1 unspecified atom stereocenters. The summed E-state index contributed by atoms with van der Waals surface area (Å²) in [6.45, 7) is 5.04. The van der Waals surface area contributed by atoms with Crippen LogP contribution < -0.4 is 5.32 Å². The van der Waals surface area contributed by atoms with Crippen molar-refractivity contribution >= 4 is 11.5 Å². The molecule has 0 aliphatic carbocycles. The van der Waals surface area contributed by atoms with Crippen molar-refractivity contribution in [3.8, 4) is 0 Å². The van der Waals surface area contributed by atoms with Gasteiger partial charge in [-0.15, -0.1) is 0 Å². The predicted octanol–water partition coefficient (Wildman–Crippen LogP) is 4.01. The Kier molecular flexibility index (Phi) is 3.78. The number of aryl methyl sites for hydroxylation is 2. The van der Waals surface area contributed by atoms with E-state index < -0.39 is 0 Å². The second-order valence-electron chi connectivity index (χ2n) is 5.96. The molecule has 0 aromatic heterocycles. The van der Waals surface area contributed by atoms with Gasteiger partial charge in [-0.1, -0.05) is 36.4 Å². The lowest BCUT2D eigenvalue weighted by Crippen LogP contribution is -2.12. The van der Waals surface area contributed by atoms with Gasteiger partial charge in [0.25, 0.3) is 0 Å². The van der Waals surface area contributed by atoms with Gasteiger partial charge in [-0.25, -0.2) is 0 Å². The van der Waals surface area contributed by atoms with Crippen LogP contribution in [0.5, 0.6) is 0 Å². The first kappa shape index (κ1) is 13.9. The molecule has 0 bridgehead atoms. The third kappa shape index (κ3) is 2.85. The Labute approximate surface area is 126 Å². The first-order valence-corrected chi connectivity index (χ1v) is 7.54. The van der Waals surface area contributed by atoms with E-state index in [9.17, 15) is 4.79 Å². The van der Waals surface area contributed by atoms with Crippen LogP contribution in [0, 0.1) is 13.8 Å². The fourth-order valence-corrected chi connectivity index (χ4v) is 3.21. The van der Waals surface area contributed by atoms with Gasteiger partial charge in [0.2, 0.25) is 0 Å². The van der Waals surface area contributed by atoms with Crippen molar-refractivity contribution in [3.05, 3.63) is 64.7 Å². The summed E-state index contributed by atoms with van der Waals surface area (Å²) in [6, 6.07) is 14.5. The Bertz CT molecular complexity index is 655. The molecular weight excluding hydrogens is 258 g/mol. The minimum atomic E-state index is 0.318. The van der Waals surface area contributed by atoms with Crippen LogP contribution in [0.25, 0.3) is 0 Å². The van der Waals surface area contributed by atoms with Gasteiger partial charge in [-0.3, -0.25) is 4.79 Å². The van der Waals surface area contributed by atoms with Crippen molar-refractivity contribution in [3.63, 3.8) is 0 Å². The average molecular weight is 279 g/mol. The lowest BCUT2D eigenvalue weighted by Gasteiger charge is -2.12. The molecule has 1 aliphatic heterocycles. The lowest BCUT2D eigenvalue weighted by atomic mass is 9.91. The molecule has 0 spiro atoms. The molecule has 21 heavy (non-hydrogen) atoms. The molecule has 0 saturated carbocycles. The molecule has 0 saturated heterocycles. The van der Waals surface area contributed by atoms with Gasteiger partial charge in [0.1, 0.15) is 5.78 Å². The molecular formula is C19H21NO. The average Bonchev–Trinajstić information content (AvgIpc) is 2.87. The topological polar surface area (TPSA) is 29.1 Å². The Balaban J connectivity index is 1.71. The number of nitrogens with one attached hydrogen (secondary N) is 1. The summed E-state index contributed by atoms with van der Waals surface area (Å²) >= 11 is 0. The van der Waals surface area contributed by atoms with Crippen LogP contribution in [0.4, 0.5) is 5.69 Å². The molecule has 2 heteroatoms. The fourth-order valence-electron chi connectivity index (χ4n) is 3.21. The number of carbonyl (C=O) groups is 1. The molecule has 3 rings (SSSR count). The highest BCUT2D eigenvalue weighted by Crippen LogP contribution is 2.33. The highest BCUT2D eigenvalue weighted by molar-refractivity contribution is 5.83. The predicted molar refractivity (Wildman–Crippen MR) is 86.9 cm³/mol. The van der Waals surface area contributed by atoms with Gasteiger partial charge in [0.15, 0.2) is 0 Å². The zero-order valence-electron chi connectivity index (χ0n) is 12.6. The molecule has 0 fully saturated rings. The van der Waals surface area contributed by atoms with Gasteiger partial charge in [0.05, 0.1) is 0 Å². The van der Waals surface area contributed by atoms with E-state index in [4.69, 9.17) is 0 Å². The number of ketones is 1. The van der Waals surface area contributed by atoms with E-state index in [1.54, 1.807) is 0 Å². The number of benzene rings is 2. The van der Waals surface area contributed by atoms with E-state index in [1.165, 1.54) is 27.9 Å². The van der Waals surface area contributed by atoms with Crippen molar-refractivity contribution in [1.82, 2.24) is 0 Å². The smallest absolute Gasteiger partial charge is 0.137 e. The maximum atomic E-state index is 12.5. The summed E-state index contributed by atoms with van der Waals surface area (Å²) in [7, 11) is 0. The number of anilines is 1. The Morgan fingerprint density at radius 3 is 2.57 bits per heavy atom. The molecule has 2 aromatic rings. The Morgan fingerprint density at radius 2 is 1.81 bits per heavy atom. The fraction of sp³-hybridized carbons (Fsp3) is 0.316. The largest absolute Gasteiger partial charge is 0.384 e. The van der Waals surface area contributed by atoms with Gasteiger partial charge >= 0.3 is 0 Å². The zero-order chi connectivity index (χ0) is 14.8. The standard InChI is InChI=1S/C19H21NO/c1-13-6-5-7-14(2)18(13)11-16(21)10-15-12-20-19-9-4-3-8-17(15)19/h3-9,15,20H,10-12H2,1-2H3. The van der Waals surface area contributed by atoms with E-state index in [2.05, 4.69) is 55.6 Å². The van der Waals surface area contributed by atoms with Crippen molar-refractivity contribution in [2.45, 2.75) is 32.6 Å². The number of hydrogen-bond acceptors (Lipinski definition) is 2. The minimum absolute atomic E-state index is 0.318. The van der Waals surface area contributed by atoms with Crippen LogP contribution in [0.2, 0.25) is 0 Å². The van der Waals surface area contributed by atoms with Gasteiger partial charge in [-0.2, -0.15) is 0 Å². The van der Waals surface area contributed by atoms with Crippen molar-refractivity contribution in [2.24, 2.45) is 0 Å². The van der Waals surface area contributed by atoms with Crippen LogP contribution in [-0.4, -0.2) is 12.3 Å². The van der Waals surface area contributed by atoms with E-state index in [-0.39, 0.29) is 0 Å². The summed E-state index contributed by atoms with van der Waals surface area (Å²) in [5.41, 5.74) is 6.10. The second-order valence-corrected chi connectivity index (χ2v) is 5.96. The first-order valence-electron chi connectivity index (χ1n) is 7.54. The number of fused-ring (bicyclic) bond motifs is 1. The van der Waals surface area contributed by atoms with Gasteiger partial charge < -0.3 is 5.32 Å². The van der Waals surface area contributed by atoms with Crippen molar-refractivity contribution in [2.75, 3.05) is 11.9 Å². The summed E-state index contributed by atoms with van der Waals surface area (Å²) in [6.07, 6.45) is 1.18. The number of carbonyl (C=O) groups excluding carboxylic acids is 1. The van der Waals surface area contributed by atoms with Crippen LogP contribution in [0.3, 0.4) is 0 Å². The highest BCUT2D eigenvalue weighted by atomic mass is 16.1. The molecule has 2 aromatic carbocycles. The quantitative estimate of drug-likeness (QED) is 0.916. The summed E-state index contributed by atoms with van der Waals surface area (Å²) in [5.74, 6) is 0.647. The number of hydrogen-bond donors (Lipinski definition) is 1. The van der Waals surface area contributed by atoms with E-state index in [0.717, 1.165) is 6.54 Å². The van der Waals surface area contributed by atoms with Gasteiger partial charge in [-0.05, 0) is 42.2 Å². The molecule has 1 N–H and O–H groups in total. The summed E-state index contributed by atoms with van der Waals surface area (Å²) in [4.78, 5) is 12.5. The van der Waals surface area contributed by atoms with E-state index >= 15 is 0 Å². The molecule has 0 amide bonds. The van der Waals surface area contributed by atoms with Gasteiger partial charge in [0, 0.05) is 31.0 Å². The lowest BCUT2D eigenvalue weighted by molar-refractivity contribution is -0.118.